The quantitative estimate of drug-likeness (QED) is 0.561. The largest absolute Gasteiger partial charge is 0.325 e. The van der Waals surface area contributed by atoms with Crippen molar-refractivity contribution in [1.82, 2.24) is 9.97 Å². The Morgan fingerprint density at radius 2 is 2.23 bits per heavy atom. The molecule has 2 aromatic heterocycles. The van der Waals surface area contributed by atoms with E-state index in [2.05, 4.69) is 15.3 Å². The number of carbonyl (C=O) groups is 1. The maximum Gasteiger partial charge on any atom is 0.234 e. The molecular weight excluding hydrogens is 338 g/mol. The molecule has 0 fully saturated rings. The average molecular weight is 350 g/mol. The van der Waals surface area contributed by atoms with E-state index in [0.717, 1.165) is 26.5 Å². The van der Waals surface area contributed by atoms with Crippen LogP contribution in [0.5, 0.6) is 0 Å². The summed E-state index contributed by atoms with van der Waals surface area (Å²) in [5.74, 6) is 0.200. The molecule has 0 radical (unpaired) electrons. The van der Waals surface area contributed by atoms with Crippen molar-refractivity contribution in [2.24, 2.45) is 0 Å². The van der Waals surface area contributed by atoms with E-state index in [9.17, 15) is 4.79 Å². The summed E-state index contributed by atoms with van der Waals surface area (Å²) in [6, 6.07) is 7.43. The molecule has 7 heteroatoms. The number of hydrogen-bond acceptors (Lipinski definition) is 5. The lowest BCUT2D eigenvalue weighted by atomic mass is 10.2. The molecule has 4 nitrogen and oxygen atoms in total. The van der Waals surface area contributed by atoms with Gasteiger partial charge < -0.3 is 5.32 Å². The number of anilines is 1. The first-order valence-corrected chi connectivity index (χ1v) is 8.75. The van der Waals surface area contributed by atoms with Crippen LogP contribution < -0.4 is 5.32 Å². The Bertz CT molecular complexity index is 835. The van der Waals surface area contributed by atoms with Gasteiger partial charge in [0.15, 0.2) is 0 Å². The van der Waals surface area contributed by atoms with E-state index in [1.165, 1.54) is 18.1 Å². The fourth-order valence-corrected chi connectivity index (χ4v) is 3.70. The van der Waals surface area contributed by atoms with Gasteiger partial charge in [-0.2, -0.15) is 0 Å². The van der Waals surface area contributed by atoms with Crippen LogP contribution in [0.2, 0.25) is 5.02 Å². The summed E-state index contributed by atoms with van der Waals surface area (Å²) < 4.78 is 0. The number of benzene rings is 1. The average Bonchev–Trinajstić information content (AvgIpc) is 2.99. The van der Waals surface area contributed by atoms with E-state index in [0.29, 0.717) is 5.02 Å². The van der Waals surface area contributed by atoms with Gasteiger partial charge in [0.25, 0.3) is 0 Å². The molecule has 112 valence electrons. The van der Waals surface area contributed by atoms with E-state index in [1.807, 2.05) is 30.5 Å². The summed E-state index contributed by atoms with van der Waals surface area (Å²) in [7, 11) is 0. The molecule has 3 rings (SSSR count). The highest BCUT2D eigenvalue weighted by molar-refractivity contribution is 8.00. The molecule has 0 aliphatic heterocycles. The van der Waals surface area contributed by atoms with Gasteiger partial charge >= 0.3 is 0 Å². The molecule has 22 heavy (non-hydrogen) atoms. The summed E-state index contributed by atoms with van der Waals surface area (Å²) in [5, 5.41) is 7.30. The number of carbonyl (C=O) groups excluding carboxylic acids is 1. The van der Waals surface area contributed by atoms with Crippen LogP contribution in [-0.4, -0.2) is 21.6 Å². The molecular formula is C15H12ClN3OS2. The normalized spacial score (nSPS) is 10.8. The molecule has 0 aliphatic rings. The number of fused-ring (bicyclic) bond motifs is 1. The van der Waals surface area contributed by atoms with E-state index >= 15 is 0 Å². The zero-order chi connectivity index (χ0) is 15.5. The minimum absolute atomic E-state index is 0.0858. The van der Waals surface area contributed by atoms with Crippen molar-refractivity contribution in [3.63, 3.8) is 0 Å². The van der Waals surface area contributed by atoms with Gasteiger partial charge in [-0.15, -0.1) is 11.3 Å². The topological polar surface area (TPSA) is 54.9 Å². The minimum Gasteiger partial charge on any atom is -0.325 e. The molecule has 3 aromatic rings. The Hall–Kier alpha value is -1.63. The van der Waals surface area contributed by atoms with Crippen molar-refractivity contribution in [2.45, 2.75) is 11.9 Å². The maximum absolute atomic E-state index is 12.1. The van der Waals surface area contributed by atoms with Crippen LogP contribution in [0, 0.1) is 6.92 Å². The third-order valence-corrected chi connectivity index (χ3v) is 5.34. The van der Waals surface area contributed by atoms with Crippen molar-refractivity contribution in [3.8, 4) is 0 Å². The van der Waals surface area contributed by atoms with Crippen molar-refractivity contribution < 1.29 is 4.79 Å². The smallest absolute Gasteiger partial charge is 0.234 e. The number of rotatable bonds is 4. The van der Waals surface area contributed by atoms with Gasteiger partial charge in [-0.1, -0.05) is 29.4 Å². The number of nitrogens with one attached hydrogen (secondary N) is 1. The van der Waals surface area contributed by atoms with Gasteiger partial charge in [-0.25, -0.2) is 9.97 Å². The molecule has 1 aromatic carbocycles. The van der Waals surface area contributed by atoms with Gasteiger partial charge in [-0.3, -0.25) is 4.79 Å². The monoisotopic (exact) mass is 349 g/mol. The lowest BCUT2D eigenvalue weighted by Crippen LogP contribution is -2.15. The molecule has 2 heterocycles. The first kappa shape index (κ1) is 15.3. The summed E-state index contributed by atoms with van der Waals surface area (Å²) in [5.41, 5.74) is 1.60. The molecule has 1 amide bonds. The molecule has 1 N–H and O–H groups in total. The van der Waals surface area contributed by atoms with Crippen LogP contribution in [0.25, 0.3) is 10.2 Å². The van der Waals surface area contributed by atoms with Gasteiger partial charge in [0.1, 0.15) is 16.2 Å². The molecule has 0 bridgehead atoms. The Morgan fingerprint density at radius 3 is 3.09 bits per heavy atom. The maximum atomic E-state index is 12.1. The number of halogens is 1. The van der Waals surface area contributed by atoms with E-state index < -0.39 is 0 Å². The number of thioether (sulfide) groups is 1. The van der Waals surface area contributed by atoms with Crippen LogP contribution in [0.4, 0.5) is 5.69 Å². The third-order valence-electron chi connectivity index (χ3n) is 3.11. The van der Waals surface area contributed by atoms with Crippen molar-refractivity contribution in [1.29, 1.82) is 0 Å². The van der Waals surface area contributed by atoms with Gasteiger partial charge in [0.05, 0.1) is 5.75 Å². The first-order valence-electron chi connectivity index (χ1n) is 6.51. The number of thiophene rings is 1. The van der Waals surface area contributed by atoms with Gasteiger partial charge in [-0.05, 0) is 36.1 Å². The zero-order valence-electron chi connectivity index (χ0n) is 11.7. The number of nitrogens with zero attached hydrogens (tertiary/aromatic N) is 2. The predicted octanol–water partition coefficient (Wildman–Crippen LogP) is 4.38. The van der Waals surface area contributed by atoms with E-state index in [-0.39, 0.29) is 11.7 Å². The Morgan fingerprint density at radius 1 is 1.36 bits per heavy atom. The van der Waals surface area contributed by atoms with Crippen LogP contribution in [-0.2, 0) is 4.79 Å². The second-order valence-corrected chi connectivity index (χ2v) is 6.83. The Kier molecular flexibility index (Phi) is 4.61. The molecule has 0 saturated heterocycles. The fraction of sp³-hybridized carbons (Fsp3) is 0.133. The third kappa shape index (κ3) is 3.24. The standard InChI is InChI=1S/C15H12ClN3OS2/c1-9-11(16)3-2-4-12(9)19-13(20)7-22-15-10-5-6-21-14(10)17-8-18-15/h2-6,8H,7H2,1H3,(H,19,20). The highest BCUT2D eigenvalue weighted by Crippen LogP contribution is 2.28. The fourth-order valence-electron chi connectivity index (χ4n) is 1.95. The number of amides is 1. The lowest BCUT2D eigenvalue weighted by molar-refractivity contribution is -0.113. The summed E-state index contributed by atoms with van der Waals surface area (Å²) in [6.45, 7) is 1.88. The van der Waals surface area contributed by atoms with Crippen LogP contribution in [0.1, 0.15) is 5.56 Å². The van der Waals surface area contributed by atoms with Gasteiger partial charge in [0.2, 0.25) is 5.91 Å². The molecule has 0 unspecified atom stereocenters. The predicted molar refractivity (Wildman–Crippen MR) is 93.0 cm³/mol. The first-order chi connectivity index (χ1) is 10.6. The highest BCUT2D eigenvalue weighted by atomic mass is 35.5. The zero-order valence-corrected chi connectivity index (χ0v) is 14.1. The van der Waals surface area contributed by atoms with E-state index in [4.69, 9.17) is 11.6 Å². The van der Waals surface area contributed by atoms with Crippen molar-refractivity contribution >= 4 is 56.5 Å². The SMILES string of the molecule is Cc1c(Cl)cccc1NC(=O)CSc1ncnc2sccc12. The second kappa shape index (κ2) is 6.64. The number of aromatic nitrogens is 2. The summed E-state index contributed by atoms with van der Waals surface area (Å²) >= 11 is 9.02. The molecule has 0 atom stereocenters. The Balaban J connectivity index is 1.68. The lowest BCUT2D eigenvalue weighted by Gasteiger charge is -2.09. The summed E-state index contributed by atoms with van der Waals surface area (Å²) in [6.07, 6.45) is 1.53. The van der Waals surface area contributed by atoms with Crippen molar-refractivity contribution in [2.75, 3.05) is 11.1 Å². The second-order valence-electron chi connectivity index (χ2n) is 4.57. The van der Waals surface area contributed by atoms with Crippen LogP contribution in [0.15, 0.2) is 41.0 Å². The van der Waals surface area contributed by atoms with Gasteiger partial charge in [0, 0.05) is 16.1 Å². The minimum atomic E-state index is -0.0858. The Labute approximate surface area is 140 Å². The molecule has 0 saturated carbocycles. The molecule has 0 spiro atoms. The van der Waals surface area contributed by atoms with Crippen LogP contribution in [0.3, 0.4) is 0 Å². The van der Waals surface area contributed by atoms with Crippen molar-refractivity contribution in [3.05, 3.63) is 46.6 Å². The van der Waals surface area contributed by atoms with Crippen LogP contribution >= 0.6 is 34.7 Å². The summed E-state index contributed by atoms with van der Waals surface area (Å²) in [4.78, 5) is 21.5. The number of hydrogen-bond donors (Lipinski definition) is 1. The molecule has 0 aliphatic carbocycles. The van der Waals surface area contributed by atoms with E-state index in [1.54, 1.807) is 17.4 Å². The highest BCUT2D eigenvalue weighted by Gasteiger charge is 2.10.